The van der Waals surface area contributed by atoms with Gasteiger partial charge in [-0.2, -0.15) is 0 Å². The average Bonchev–Trinajstić information content (AvgIpc) is 3.10. The van der Waals surface area contributed by atoms with Crippen molar-refractivity contribution < 1.29 is 27.5 Å². The smallest absolute Gasteiger partial charge is 0.340 e. The van der Waals surface area contributed by atoms with Crippen LogP contribution in [0, 0.1) is 0 Å². The number of sulfonamides is 1. The summed E-state index contributed by atoms with van der Waals surface area (Å²) in [4.78, 5) is 24.6. The lowest BCUT2D eigenvalue weighted by Crippen LogP contribution is -2.24. The molecule has 2 aromatic carbocycles. The predicted molar refractivity (Wildman–Crippen MR) is 109 cm³/mol. The maximum absolute atomic E-state index is 12.7. The summed E-state index contributed by atoms with van der Waals surface area (Å²) in [5.41, 5.74) is 1.35. The standard InChI is InChI=1S/C20H20N2O6S/c1-21(29(3,25)26)14-8-10-15(11-9-14)28-13-19(23)22-12-17(20(24)27-2)16-6-4-5-7-18(16)22/h4-12H,13H2,1-3H3. The van der Waals surface area contributed by atoms with Crippen LogP contribution in [0.25, 0.3) is 10.9 Å². The van der Waals surface area contributed by atoms with E-state index < -0.39 is 16.0 Å². The Morgan fingerprint density at radius 2 is 1.72 bits per heavy atom. The number of esters is 1. The van der Waals surface area contributed by atoms with Crippen LogP contribution in [-0.4, -0.2) is 51.9 Å². The molecule has 1 heterocycles. The first-order chi connectivity index (χ1) is 13.7. The Hall–Kier alpha value is -3.33. The van der Waals surface area contributed by atoms with Crippen molar-refractivity contribution in [1.29, 1.82) is 0 Å². The van der Waals surface area contributed by atoms with Gasteiger partial charge in [0, 0.05) is 18.6 Å². The molecule has 0 aliphatic carbocycles. The number of carbonyl (C=O) groups excluding carboxylic acids is 2. The first-order valence-electron chi connectivity index (χ1n) is 8.60. The second kappa shape index (κ2) is 7.96. The van der Waals surface area contributed by atoms with Crippen molar-refractivity contribution in [2.75, 3.05) is 31.3 Å². The molecule has 152 valence electrons. The van der Waals surface area contributed by atoms with Crippen molar-refractivity contribution in [3.05, 3.63) is 60.3 Å². The molecule has 0 aliphatic heterocycles. The van der Waals surface area contributed by atoms with E-state index in [2.05, 4.69) is 0 Å². The van der Waals surface area contributed by atoms with Crippen molar-refractivity contribution in [3.8, 4) is 5.75 Å². The Balaban J connectivity index is 1.77. The Kier molecular flexibility index (Phi) is 5.60. The normalized spacial score (nSPS) is 11.3. The molecule has 0 atom stereocenters. The minimum absolute atomic E-state index is 0.263. The number of nitrogens with zero attached hydrogens (tertiary/aromatic N) is 2. The monoisotopic (exact) mass is 416 g/mol. The van der Waals surface area contributed by atoms with Gasteiger partial charge < -0.3 is 9.47 Å². The summed E-state index contributed by atoms with van der Waals surface area (Å²) in [6, 6.07) is 13.3. The molecular formula is C20H20N2O6S. The first kappa shape index (κ1) is 20.4. The summed E-state index contributed by atoms with van der Waals surface area (Å²) in [7, 11) is -0.630. The molecule has 29 heavy (non-hydrogen) atoms. The number of fused-ring (bicyclic) bond motifs is 1. The highest BCUT2D eigenvalue weighted by atomic mass is 32.2. The van der Waals surface area contributed by atoms with Crippen LogP contribution in [0.3, 0.4) is 0 Å². The third kappa shape index (κ3) is 4.24. The number of benzene rings is 2. The van der Waals surface area contributed by atoms with Crippen LogP contribution in [0.4, 0.5) is 5.69 Å². The molecule has 0 spiro atoms. The Morgan fingerprint density at radius 3 is 2.34 bits per heavy atom. The van der Waals surface area contributed by atoms with Crippen molar-refractivity contribution >= 4 is 38.5 Å². The number of carbonyl (C=O) groups is 2. The van der Waals surface area contributed by atoms with E-state index in [-0.39, 0.29) is 12.5 Å². The Morgan fingerprint density at radius 1 is 1.07 bits per heavy atom. The number of para-hydroxylation sites is 1. The molecule has 0 bridgehead atoms. The molecule has 0 saturated carbocycles. The van der Waals surface area contributed by atoms with Gasteiger partial charge in [0.15, 0.2) is 6.61 Å². The third-order valence-corrected chi connectivity index (χ3v) is 5.65. The second-order valence-corrected chi connectivity index (χ2v) is 8.34. The van der Waals surface area contributed by atoms with Gasteiger partial charge in [0.2, 0.25) is 10.0 Å². The lowest BCUT2D eigenvalue weighted by atomic mass is 10.2. The molecule has 0 aliphatic rings. The largest absolute Gasteiger partial charge is 0.484 e. The van der Waals surface area contributed by atoms with Crippen molar-refractivity contribution in [1.82, 2.24) is 4.57 Å². The number of hydrogen-bond donors (Lipinski definition) is 0. The van der Waals surface area contributed by atoms with Crippen LogP contribution in [0.5, 0.6) is 5.75 Å². The number of rotatable bonds is 6. The molecule has 0 unspecified atom stereocenters. The third-order valence-electron chi connectivity index (χ3n) is 4.45. The minimum atomic E-state index is -3.36. The molecule has 0 saturated heterocycles. The number of methoxy groups -OCH3 is 1. The summed E-state index contributed by atoms with van der Waals surface area (Å²) >= 11 is 0. The number of ether oxygens (including phenoxy) is 2. The van der Waals surface area contributed by atoms with Gasteiger partial charge in [-0.1, -0.05) is 18.2 Å². The van der Waals surface area contributed by atoms with Crippen LogP contribution < -0.4 is 9.04 Å². The van der Waals surface area contributed by atoms with Crippen LogP contribution >= 0.6 is 0 Å². The van der Waals surface area contributed by atoms with Crippen molar-refractivity contribution in [2.45, 2.75) is 0 Å². The van der Waals surface area contributed by atoms with E-state index in [0.29, 0.717) is 27.9 Å². The molecule has 8 nitrogen and oxygen atoms in total. The van der Waals surface area contributed by atoms with Gasteiger partial charge in [-0.25, -0.2) is 13.2 Å². The Bertz CT molecular complexity index is 1170. The van der Waals surface area contributed by atoms with Crippen molar-refractivity contribution in [2.24, 2.45) is 0 Å². The lowest BCUT2D eigenvalue weighted by Gasteiger charge is -2.16. The van der Waals surface area contributed by atoms with E-state index in [9.17, 15) is 18.0 Å². The number of aromatic nitrogens is 1. The highest BCUT2D eigenvalue weighted by Crippen LogP contribution is 2.23. The topological polar surface area (TPSA) is 94.9 Å². The molecule has 0 fully saturated rings. The fourth-order valence-corrected chi connectivity index (χ4v) is 3.32. The summed E-state index contributed by atoms with van der Waals surface area (Å²) < 4.78 is 36.0. The fourth-order valence-electron chi connectivity index (χ4n) is 2.82. The molecule has 1 aromatic heterocycles. The second-order valence-electron chi connectivity index (χ2n) is 6.33. The lowest BCUT2D eigenvalue weighted by molar-refractivity contribution is 0.0603. The number of hydrogen-bond acceptors (Lipinski definition) is 6. The number of anilines is 1. The fraction of sp³-hybridized carbons (Fsp3) is 0.200. The highest BCUT2D eigenvalue weighted by molar-refractivity contribution is 7.92. The summed E-state index contributed by atoms with van der Waals surface area (Å²) in [5.74, 6) is -0.485. The maximum atomic E-state index is 12.7. The minimum Gasteiger partial charge on any atom is -0.484 e. The van der Waals surface area contributed by atoms with E-state index in [0.717, 1.165) is 10.6 Å². The van der Waals surface area contributed by atoms with E-state index in [1.54, 1.807) is 48.5 Å². The summed E-state index contributed by atoms with van der Waals surface area (Å²) in [5, 5.41) is 0.612. The van der Waals surface area contributed by atoms with Crippen molar-refractivity contribution in [3.63, 3.8) is 0 Å². The van der Waals surface area contributed by atoms with Gasteiger partial charge in [-0.05, 0) is 30.3 Å². The summed E-state index contributed by atoms with van der Waals surface area (Å²) in [6.07, 6.45) is 2.55. The van der Waals surface area contributed by atoms with Crippen LogP contribution in [0.1, 0.15) is 15.2 Å². The molecule has 9 heteroatoms. The summed E-state index contributed by atoms with van der Waals surface area (Å²) in [6.45, 7) is -0.263. The predicted octanol–water partition coefficient (Wildman–Crippen LogP) is 2.54. The quantitative estimate of drug-likeness (QED) is 0.573. The van der Waals surface area contributed by atoms with Gasteiger partial charge in [-0.15, -0.1) is 0 Å². The molecule has 0 radical (unpaired) electrons. The van der Waals surface area contributed by atoms with Crippen LogP contribution in [0.15, 0.2) is 54.7 Å². The van der Waals surface area contributed by atoms with Crippen LogP contribution in [0.2, 0.25) is 0 Å². The van der Waals surface area contributed by atoms with Gasteiger partial charge in [-0.3, -0.25) is 13.7 Å². The highest BCUT2D eigenvalue weighted by Gasteiger charge is 2.19. The SMILES string of the molecule is COC(=O)c1cn(C(=O)COc2ccc(N(C)S(C)(=O)=O)cc2)c2ccccc12. The molecule has 0 amide bonds. The first-order valence-corrected chi connectivity index (χ1v) is 10.5. The molecule has 3 aromatic rings. The Labute approximate surface area is 168 Å². The van der Waals surface area contributed by atoms with E-state index >= 15 is 0 Å². The zero-order valence-electron chi connectivity index (χ0n) is 16.2. The average molecular weight is 416 g/mol. The van der Waals surface area contributed by atoms with Gasteiger partial charge >= 0.3 is 5.97 Å². The van der Waals surface area contributed by atoms with E-state index in [1.807, 2.05) is 0 Å². The maximum Gasteiger partial charge on any atom is 0.340 e. The van der Waals surface area contributed by atoms with Gasteiger partial charge in [0.05, 0.1) is 30.1 Å². The van der Waals surface area contributed by atoms with E-state index in [4.69, 9.17) is 9.47 Å². The molecule has 0 N–H and O–H groups in total. The van der Waals surface area contributed by atoms with Gasteiger partial charge in [0.25, 0.3) is 5.91 Å². The zero-order chi connectivity index (χ0) is 21.2. The zero-order valence-corrected chi connectivity index (χ0v) is 17.0. The molecular weight excluding hydrogens is 396 g/mol. The van der Waals surface area contributed by atoms with Crippen LogP contribution in [-0.2, 0) is 14.8 Å². The van der Waals surface area contributed by atoms with E-state index in [1.165, 1.54) is 24.9 Å². The molecule has 3 rings (SSSR count). The van der Waals surface area contributed by atoms with Gasteiger partial charge in [0.1, 0.15) is 5.75 Å².